The maximum Gasteiger partial charge on any atom is 0.244 e. The van der Waals surface area contributed by atoms with E-state index in [2.05, 4.69) is 9.97 Å². The molecule has 6 nitrogen and oxygen atoms in total. The van der Waals surface area contributed by atoms with Gasteiger partial charge in [0.05, 0.1) is 6.33 Å². The van der Waals surface area contributed by atoms with E-state index in [1.807, 2.05) is 60.7 Å². The number of nitrogens with one attached hydrogen (secondary N) is 1. The van der Waals surface area contributed by atoms with Crippen LogP contribution in [0.5, 0.6) is 0 Å². The fraction of sp³-hybridized carbons (Fsp3) is 0.227. The Kier molecular flexibility index (Phi) is 5.89. The molecule has 2 aromatic carbocycles. The van der Waals surface area contributed by atoms with Gasteiger partial charge in [0.25, 0.3) is 0 Å². The quantitative estimate of drug-likeness (QED) is 0.633. The van der Waals surface area contributed by atoms with E-state index in [1.165, 1.54) is 6.92 Å². The standard InChI is InChI=1S/C22H24N4O2/c1-17(27)26(15-19-10-6-3-7-11-19)22(21(23)28,13-20-14-24-16-25-20)12-18-8-4-2-5-9-18/h2-11,14,16H,12-13,15H2,1H3,(H2,23,28)(H,24,25)/t22-/m0/s1. The first-order chi connectivity index (χ1) is 13.5. The number of carbonyl (C=O) groups is 2. The molecule has 0 spiro atoms. The van der Waals surface area contributed by atoms with E-state index in [9.17, 15) is 9.59 Å². The Labute approximate surface area is 164 Å². The maximum absolute atomic E-state index is 12.9. The van der Waals surface area contributed by atoms with Gasteiger partial charge in [-0.05, 0) is 11.1 Å². The van der Waals surface area contributed by atoms with E-state index >= 15 is 0 Å². The van der Waals surface area contributed by atoms with Crippen LogP contribution in [0.4, 0.5) is 0 Å². The van der Waals surface area contributed by atoms with Crippen LogP contribution in [0, 0.1) is 0 Å². The van der Waals surface area contributed by atoms with Gasteiger partial charge < -0.3 is 15.6 Å². The van der Waals surface area contributed by atoms with Crippen LogP contribution in [-0.4, -0.2) is 32.2 Å². The van der Waals surface area contributed by atoms with Crippen LogP contribution in [0.3, 0.4) is 0 Å². The van der Waals surface area contributed by atoms with Crippen LogP contribution in [0.15, 0.2) is 73.2 Å². The molecule has 1 heterocycles. The monoisotopic (exact) mass is 376 g/mol. The number of primary amides is 1. The van der Waals surface area contributed by atoms with Crippen molar-refractivity contribution >= 4 is 11.8 Å². The molecule has 2 amide bonds. The van der Waals surface area contributed by atoms with Gasteiger partial charge in [0.15, 0.2) is 0 Å². The third-order valence-corrected chi connectivity index (χ3v) is 4.92. The smallest absolute Gasteiger partial charge is 0.244 e. The lowest BCUT2D eigenvalue weighted by molar-refractivity contribution is -0.146. The molecule has 28 heavy (non-hydrogen) atoms. The zero-order valence-corrected chi connectivity index (χ0v) is 15.8. The summed E-state index contributed by atoms with van der Waals surface area (Å²) >= 11 is 0. The summed E-state index contributed by atoms with van der Waals surface area (Å²) in [4.78, 5) is 34.3. The molecular weight excluding hydrogens is 352 g/mol. The van der Waals surface area contributed by atoms with Gasteiger partial charge in [-0.1, -0.05) is 60.7 Å². The van der Waals surface area contributed by atoms with Gasteiger partial charge in [-0.25, -0.2) is 4.98 Å². The average Bonchev–Trinajstić information content (AvgIpc) is 3.20. The predicted molar refractivity (Wildman–Crippen MR) is 107 cm³/mol. The number of imidazole rings is 1. The van der Waals surface area contributed by atoms with Crippen molar-refractivity contribution < 1.29 is 9.59 Å². The first-order valence-electron chi connectivity index (χ1n) is 9.14. The molecular formula is C22H24N4O2. The topological polar surface area (TPSA) is 92.1 Å². The third kappa shape index (κ3) is 4.28. The number of carbonyl (C=O) groups excluding carboxylic acids is 2. The lowest BCUT2D eigenvalue weighted by atomic mass is 9.83. The zero-order valence-electron chi connectivity index (χ0n) is 15.8. The summed E-state index contributed by atoms with van der Waals surface area (Å²) in [6.45, 7) is 1.76. The van der Waals surface area contributed by atoms with Gasteiger partial charge in [0.2, 0.25) is 11.8 Å². The highest BCUT2D eigenvalue weighted by molar-refractivity contribution is 5.90. The van der Waals surface area contributed by atoms with Gasteiger partial charge in [-0.15, -0.1) is 0 Å². The average molecular weight is 376 g/mol. The Morgan fingerprint density at radius 3 is 2.11 bits per heavy atom. The first kappa shape index (κ1) is 19.4. The summed E-state index contributed by atoms with van der Waals surface area (Å²) in [5.74, 6) is -0.754. The second-order valence-electron chi connectivity index (χ2n) is 6.90. The van der Waals surface area contributed by atoms with E-state index in [4.69, 9.17) is 5.73 Å². The minimum Gasteiger partial charge on any atom is -0.368 e. The van der Waals surface area contributed by atoms with Crippen LogP contribution in [0.2, 0.25) is 0 Å². The number of hydrogen-bond acceptors (Lipinski definition) is 3. The maximum atomic E-state index is 12.9. The molecule has 144 valence electrons. The van der Waals surface area contributed by atoms with Gasteiger partial charge in [-0.3, -0.25) is 9.59 Å². The molecule has 0 saturated heterocycles. The molecule has 3 aromatic rings. The van der Waals surface area contributed by atoms with Crippen molar-refractivity contribution in [3.8, 4) is 0 Å². The second-order valence-corrected chi connectivity index (χ2v) is 6.90. The van der Waals surface area contributed by atoms with Crippen LogP contribution in [-0.2, 0) is 29.0 Å². The van der Waals surface area contributed by atoms with E-state index in [0.29, 0.717) is 13.0 Å². The zero-order chi connectivity index (χ0) is 20.0. The predicted octanol–water partition coefficient (Wildman–Crippen LogP) is 2.47. The molecule has 0 aliphatic heterocycles. The lowest BCUT2D eigenvalue weighted by Gasteiger charge is -2.41. The number of nitrogens with zero attached hydrogens (tertiary/aromatic N) is 2. The van der Waals surface area contributed by atoms with E-state index in [0.717, 1.165) is 16.8 Å². The summed E-state index contributed by atoms with van der Waals surface area (Å²) in [6.07, 6.45) is 3.78. The SMILES string of the molecule is CC(=O)N(Cc1ccccc1)[C@@](Cc1ccccc1)(Cc1cnc[nH]1)C(N)=O. The molecule has 0 fully saturated rings. The van der Waals surface area contributed by atoms with Crippen molar-refractivity contribution in [2.45, 2.75) is 31.8 Å². The normalized spacial score (nSPS) is 12.9. The second kappa shape index (κ2) is 8.52. The van der Waals surface area contributed by atoms with Crippen molar-refractivity contribution in [3.63, 3.8) is 0 Å². The number of amides is 2. The molecule has 0 unspecified atom stereocenters. The molecule has 0 radical (unpaired) electrons. The Morgan fingerprint density at radius 2 is 1.61 bits per heavy atom. The van der Waals surface area contributed by atoms with Crippen molar-refractivity contribution in [3.05, 3.63) is 90.0 Å². The minimum absolute atomic E-state index is 0.210. The summed E-state index contributed by atoms with van der Waals surface area (Å²) in [7, 11) is 0. The Bertz CT molecular complexity index is 910. The molecule has 0 aliphatic carbocycles. The molecule has 6 heteroatoms. The molecule has 1 atom stereocenters. The van der Waals surface area contributed by atoms with Crippen molar-refractivity contribution in [2.24, 2.45) is 5.73 Å². The van der Waals surface area contributed by atoms with Crippen molar-refractivity contribution in [1.82, 2.24) is 14.9 Å². The van der Waals surface area contributed by atoms with Gasteiger partial charge in [0, 0.05) is 38.2 Å². The Balaban J connectivity index is 2.07. The highest BCUT2D eigenvalue weighted by atomic mass is 16.2. The molecule has 3 rings (SSSR count). The first-order valence-corrected chi connectivity index (χ1v) is 9.14. The van der Waals surface area contributed by atoms with Gasteiger partial charge in [0.1, 0.15) is 5.54 Å². The number of benzene rings is 2. The Morgan fingerprint density at radius 1 is 1.00 bits per heavy atom. The molecule has 3 N–H and O–H groups in total. The lowest BCUT2D eigenvalue weighted by Crippen LogP contribution is -2.61. The highest BCUT2D eigenvalue weighted by Gasteiger charge is 2.44. The van der Waals surface area contributed by atoms with Crippen molar-refractivity contribution in [1.29, 1.82) is 0 Å². The fourth-order valence-electron chi connectivity index (χ4n) is 3.52. The number of nitrogens with two attached hydrogens (primary N) is 1. The summed E-state index contributed by atoms with van der Waals surface area (Å²) in [5.41, 5.74) is 7.34. The minimum atomic E-state index is -1.23. The summed E-state index contributed by atoms with van der Waals surface area (Å²) in [5, 5.41) is 0. The number of rotatable bonds is 8. The van der Waals surface area contributed by atoms with E-state index in [-0.39, 0.29) is 12.3 Å². The molecule has 0 bridgehead atoms. The Hall–Kier alpha value is -3.41. The number of hydrogen-bond donors (Lipinski definition) is 2. The number of aromatic amines is 1. The molecule has 1 aromatic heterocycles. The van der Waals surface area contributed by atoms with Crippen LogP contribution in [0.25, 0.3) is 0 Å². The third-order valence-electron chi connectivity index (χ3n) is 4.92. The van der Waals surface area contributed by atoms with Crippen LogP contribution < -0.4 is 5.73 Å². The van der Waals surface area contributed by atoms with Crippen LogP contribution >= 0.6 is 0 Å². The van der Waals surface area contributed by atoms with Crippen LogP contribution in [0.1, 0.15) is 23.7 Å². The van der Waals surface area contributed by atoms with Gasteiger partial charge in [-0.2, -0.15) is 0 Å². The van der Waals surface area contributed by atoms with Gasteiger partial charge >= 0.3 is 0 Å². The molecule has 0 saturated carbocycles. The summed E-state index contributed by atoms with van der Waals surface area (Å²) in [6, 6.07) is 19.2. The summed E-state index contributed by atoms with van der Waals surface area (Å²) < 4.78 is 0. The number of aromatic nitrogens is 2. The highest BCUT2D eigenvalue weighted by Crippen LogP contribution is 2.28. The largest absolute Gasteiger partial charge is 0.368 e. The van der Waals surface area contributed by atoms with Crippen molar-refractivity contribution in [2.75, 3.05) is 0 Å². The van der Waals surface area contributed by atoms with E-state index < -0.39 is 11.4 Å². The molecule has 0 aliphatic rings. The van der Waals surface area contributed by atoms with E-state index in [1.54, 1.807) is 17.4 Å². The number of H-pyrrole nitrogens is 1. The fourth-order valence-corrected chi connectivity index (χ4v) is 3.52.